The maximum atomic E-state index is 14.1. The fourth-order valence-electron chi connectivity index (χ4n) is 9.12. The van der Waals surface area contributed by atoms with Crippen molar-refractivity contribution in [1.29, 1.82) is 0 Å². The van der Waals surface area contributed by atoms with Crippen LogP contribution in [-0.4, -0.2) is 87.2 Å². The van der Waals surface area contributed by atoms with Gasteiger partial charge in [-0.2, -0.15) is 0 Å². The van der Waals surface area contributed by atoms with Gasteiger partial charge in [0, 0.05) is 5.92 Å². The summed E-state index contributed by atoms with van der Waals surface area (Å²) >= 11 is 0. The number of fused-ring (bicyclic) bond motifs is 2. The Labute approximate surface area is 222 Å². The van der Waals surface area contributed by atoms with Crippen LogP contribution in [0.2, 0.25) is 0 Å². The maximum Gasteiger partial charge on any atom is 0.343 e. The first-order valence-corrected chi connectivity index (χ1v) is 12.9. The Hall–Kier alpha value is -3.06. The van der Waals surface area contributed by atoms with Gasteiger partial charge in [-0.25, -0.2) is 14.4 Å². The van der Waals surface area contributed by atoms with Gasteiger partial charge in [-0.3, -0.25) is 4.79 Å². The summed E-state index contributed by atoms with van der Waals surface area (Å²) in [4.78, 5) is 53.3. The van der Waals surface area contributed by atoms with Gasteiger partial charge in [0.15, 0.2) is 23.9 Å². The molecule has 39 heavy (non-hydrogen) atoms. The van der Waals surface area contributed by atoms with Gasteiger partial charge < -0.3 is 39.0 Å². The standard InChI is InChI=1S/C27H28O12/c1-10-18(30)37-17-14(28)25-16(36-19(31)11-8-6-5-7-9-11)12-13(23(2,3)4)24(25)15(29)20(32)38-22(24)39-27(25,21(33)35-12)26(10,17)34/h5-10,12-17,22,28-29,34H,1-4H3/t10-,12-,13+,14+,15+,16?,17+,22?,24?,25?,26-,27+/m1/s1. The fourth-order valence-corrected chi connectivity index (χ4v) is 9.12. The van der Waals surface area contributed by atoms with Crippen LogP contribution in [-0.2, 0) is 38.1 Å². The number of hydrogen-bond donors (Lipinski definition) is 3. The molecule has 2 saturated carbocycles. The molecule has 0 radical (unpaired) electrons. The summed E-state index contributed by atoms with van der Waals surface area (Å²) in [5.41, 5.74) is -9.97. The van der Waals surface area contributed by atoms with Crippen molar-refractivity contribution >= 4 is 23.9 Å². The molecule has 208 valence electrons. The Kier molecular flexibility index (Phi) is 4.46. The summed E-state index contributed by atoms with van der Waals surface area (Å²) in [5, 5.41) is 36.1. The minimum Gasteiger partial charge on any atom is -0.456 e. The Balaban J connectivity index is 1.56. The van der Waals surface area contributed by atoms with Gasteiger partial charge in [-0.05, 0) is 24.5 Å². The van der Waals surface area contributed by atoms with Gasteiger partial charge in [-0.1, -0.05) is 39.0 Å². The quantitative estimate of drug-likeness (QED) is 0.321. The van der Waals surface area contributed by atoms with Crippen molar-refractivity contribution in [3.8, 4) is 0 Å². The summed E-state index contributed by atoms with van der Waals surface area (Å²) in [6.45, 7) is 6.65. The third kappa shape index (κ3) is 2.21. The van der Waals surface area contributed by atoms with Crippen molar-refractivity contribution in [2.45, 2.75) is 75.7 Å². The van der Waals surface area contributed by atoms with Crippen molar-refractivity contribution in [3.63, 3.8) is 0 Å². The molecule has 1 aromatic carbocycles. The first-order valence-electron chi connectivity index (χ1n) is 12.9. The number of carbonyl (C=O) groups excluding carboxylic acids is 4. The summed E-state index contributed by atoms with van der Waals surface area (Å²) in [7, 11) is 0. The number of ether oxygens (including phenoxy) is 5. The smallest absolute Gasteiger partial charge is 0.343 e. The van der Waals surface area contributed by atoms with E-state index in [4.69, 9.17) is 23.7 Å². The molecule has 2 spiro atoms. The van der Waals surface area contributed by atoms with Crippen molar-refractivity contribution in [1.82, 2.24) is 0 Å². The van der Waals surface area contributed by atoms with Gasteiger partial charge >= 0.3 is 23.9 Å². The van der Waals surface area contributed by atoms with Crippen LogP contribution in [0.1, 0.15) is 38.1 Å². The summed E-state index contributed by atoms with van der Waals surface area (Å²) in [5.74, 6) is -6.30. The van der Waals surface area contributed by atoms with Crippen LogP contribution < -0.4 is 0 Å². The second-order valence-corrected chi connectivity index (χ2v) is 12.5. The van der Waals surface area contributed by atoms with E-state index in [2.05, 4.69) is 0 Å². The summed E-state index contributed by atoms with van der Waals surface area (Å²) in [6, 6.07) is 7.96. The zero-order chi connectivity index (χ0) is 28.1. The molecule has 4 saturated heterocycles. The Morgan fingerprint density at radius 3 is 2.31 bits per heavy atom. The van der Waals surface area contributed by atoms with Crippen LogP contribution >= 0.6 is 0 Å². The topological polar surface area (TPSA) is 175 Å². The van der Waals surface area contributed by atoms with Crippen molar-refractivity contribution < 1.29 is 58.2 Å². The zero-order valence-corrected chi connectivity index (χ0v) is 21.5. The molecule has 4 heterocycles. The molecule has 6 aliphatic rings. The van der Waals surface area contributed by atoms with Crippen LogP contribution in [0.15, 0.2) is 30.3 Å². The normalized spacial score (nSPS) is 50.6. The predicted molar refractivity (Wildman–Crippen MR) is 123 cm³/mol. The molecule has 4 aliphatic heterocycles. The van der Waals surface area contributed by atoms with Crippen LogP contribution in [0, 0.1) is 28.1 Å². The molecule has 4 unspecified atom stereocenters. The highest BCUT2D eigenvalue weighted by atomic mass is 16.8. The summed E-state index contributed by atoms with van der Waals surface area (Å²) < 4.78 is 29.1. The minimum atomic E-state index is -2.60. The maximum absolute atomic E-state index is 14.1. The van der Waals surface area contributed by atoms with Gasteiger partial charge in [0.05, 0.1) is 22.3 Å². The second kappa shape index (κ2) is 6.98. The van der Waals surface area contributed by atoms with Crippen LogP contribution in [0.4, 0.5) is 0 Å². The van der Waals surface area contributed by atoms with Crippen LogP contribution in [0.5, 0.6) is 0 Å². The third-order valence-electron chi connectivity index (χ3n) is 10.2. The van der Waals surface area contributed by atoms with E-state index in [9.17, 15) is 34.5 Å². The Bertz CT molecular complexity index is 1340. The molecular weight excluding hydrogens is 516 g/mol. The molecule has 6 fully saturated rings. The number of benzene rings is 1. The Morgan fingerprint density at radius 2 is 1.67 bits per heavy atom. The van der Waals surface area contributed by atoms with E-state index in [-0.39, 0.29) is 5.56 Å². The zero-order valence-electron chi connectivity index (χ0n) is 21.5. The van der Waals surface area contributed by atoms with E-state index in [1.807, 2.05) is 0 Å². The minimum absolute atomic E-state index is 0.152. The predicted octanol–water partition coefficient (Wildman–Crippen LogP) is -0.534. The lowest BCUT2D eigenvalue weighted by molar-refractivity contribution is -0.281. The molecule has 1 aromatic rings. The number of carbonyl (C=O) groups is 4. The monoisotopic (exact) mass is 544 g/mol. The number of aliphatic hydroxyl groups excluding tert-OH is 2. The number of rotatable bonds is 2. The molecule has 3 N–H and O–H groups in total. The average molecular weight is 545 g/mol. The summed E-state index contributed by atoms with van der Waals surface area (Å²) in [6.07, 6.45) is -10.1. The van der Waals surface area contributed by atoms with Gasteiger partial charge in [-0.15, -0.1) is 0 Å². The molecular formula is C27H28O12. The highest BCUT2D eigenvalue weighted by molar-refractivity contribution is 5.94. The fraction of sp³-hybridized carbons (Fsp3) is 0.630. The van der Waals surface area contributed by atoms with Gasteiger partial charge in [0.2, 0.25) is 11.9 Å². The molecule has 2 aliphatic carbocycles. The van der Waals surface area contributed by atoms with Crippen molar-refractivity contribution in [3.05, 3.63) is 35.9 Å². The van der Waals surface area contributed by atoms with E-state index in [1.54, 1.807) is 39.0 Å². The molecule has 12 atom stereocenters. The van der Waals surface area contributed by atoms with Gasteiger partial charge in [0.1, 0.15) is 12.2 Å². The highest BCUT2D eigenvalue weighted by Crippen LogP contribution is 2.84. The molecule has 2 bridgehead atoms. The van der Waals surface area contributed by atoms with E-state index in [0.29, 0.717) is 0 Å². The average Bonchev–Trinajstić information content (AvgIpc) is 3.49. The highest BCUT2D eigenvalue weighted by Gasteiger charge is 3.05. The van der Waals surface area contributed by atoms with Crippen molar-refractivity contribution in [2.75, 3.05) is 0 Å². The van der Waals surface area contributed by atoms with E-state index >= 15 is 0 Å². The lowest BCUT2D eigenvalue weighted by Gasteiger charge is -2.51. The third-order valence-corrected chi connectivity index (χ3v) is 10.2. The first-order chi connectivity index (χ1) is 18.2. The van der Waals surface area contributed by atoms with Crippen molar-refractivity contribution in [2.24, 2.45) is 28.1 Å². The van der Waals surface area contributed by atoms with E-state index in [0.717, 1.165) is 0 Å². The molecule has 7 rings (SSSR count). The first kappa shape index (κ1) is 24.9. The molecule has 12 heteroatoms. The van der Waals surface area contributed by atoms with Crippen LogP contribution in [0.3, 0.4) is 0 Å². The lowest BCUT2D eigenvalue weighted by atomic mass is 9.50. The molecule has 0 amide bonds. The van der Waals surface area contributed by atoms with E-state index in [1.165, 1.54) is 19.1 Å². The van der Waals surface area contributed by atoms with Gasteiger partial charge in [0.25, 0.3) is 0 Å². The SMILES string of the molecule is C[C@@H]1C(=O)O[C@H]2[C@H](O)C34C(OC(=O)c5ccccc5)[C@@H]5OC(=O)[C@@]3(OC3OC(=O)[C@H](O)C34[C@@H]5C(C)(C)C)[C@@]12O. The van der Waals surface area contributed by atoms with Crippen LogP contribution in [0.25, 0.3) is 0 Å². The van der Waals surface area contributed by atoms with E-state index < -0.39 is 100.0 Å². The second-order valence-electron chi connectivity index (χ2n) is 12.5. The molecule has 0 aromatic heterocycles. The number of esters is 4. The largest absolute Gasteiger partial charge is 0.456 e. The molecule has 12 nitrogen and oxygen atoms in total. The lowest BCUT2D eigenvalue weighted by Crippen LogP contribution is -2.74. The Morgan fingerprint density at radius 1 is 1.00 bits per heavy atom. The number of aliphatic hydroxyl groups is 3. The number of hydrogen-bond acceptors (Lipinski definition) is 12.